The van der Waals surface area contributed by atoms with Crippen LogP contribution in [0.2, 0.25) is 0 Å². The Hall–Kier alpha value is -3.44. The Balaban J connectivity index is 0.000000202. The van der Waals surface area contributed by atoms with E-state index >= 15 is 0 Å². The Labute approximate surface area is 236 Å². The average Bonchev–Trinajstić information content (AvgIpc) is 2.93. The second-order valence-electron chi connectivity index (χ2n) is 7.64. The molecule has 0 saturated carbocycles. The predicted octanol–water partition coefficient (Wildman–Crippen LogP) is 1.93. The first-order valence-corrected chi connectivity index (χ1v) is 14.2. The third kappa shape index (κ3) is 9.99. The van der Waals surface area contributed by atoms with Gasteiger partial charge in [-0.25, -0.2) is 0 Å². The number of aromatic nitrogens is 4. The molecule has 0 saturated heterocycles. The van der Waals surface area contributed by atoms with Crippen molar-refractivity contribution in [3.8, 4) is 0 Å². The molecular formula is C27H24CuN4O6Se. The minimum absolute atomic E-state index is 0. The van der Waals surface area contributed by atoms with Crippen LogP contribution in [0.15, 0.2) is 97.6 Å². The van der Waals surface area contributed by atoms with Crippen molar-refractivity contribution in [1.82, 2.24) is 19.9 Å². The summed E-state index contributed by atoms with van der Waals surface area (Å²) in [6.45, 7) is 0.188. The van der Waals surface area contributed by atoms with Crippen molar-refractivity contribution in [2.75, 3.05) is 13.2 Å². The van der Waals surface area contributed by atoms with Crippen LogP contribution in [0.4, 0.5) is 0 Å². The first-order valence-electron chi connectivity index (χ1n) is 11.4. The van der Waals surface area contributed by atoms with Crippen LogP contribution in [0, 0.1) is 0 Å². The van der Waals surface area contributed by atoms with Crippen LogP contribution in [0.25, 0.3) is 43.6 Å². The van der Waals surface area contributed by atoms with E-state index in [2.05, 4.69) is 68.5 Å². The Morgan fingerprint density at radius 3 is 0.949 bits per heavy atom. The molecule has 0 unspecified atom stereocenters. The van der Waals surface area contributed by atoms with Gasteiger partial charge in [0.15, 0.2) is 0 Å². The first kappa shape index (κ1) is 31.8. The van der Waals surface area contributed by atoms with E-state index in [1.54, 1.807) is 24.8 Å². The first-order chi connectivity index (χ1) is 18.3. The number of aliphatic hydroxyl groups excluding tert-OH is 2. The van der Waals surface area contributed by atoms with Gasteiger partial charge in [-0.1, -0.05) is 48.5 Å². The van der Waals surface area contributed by atoms with Crippen molar-refractivity contribution in [1.29, 1.82) is 0 Å². The summed E-state index contributed by atoms with van der Waals surface area (Å²) in [5.41, 5.74) is 3.91. The van der Waals surface area contributed by atoms with Crippen molar-refractivity contribution in [2.24, 2.45) is 0 Å². The molecule has 6 aromatic rings. The van der Waals surface area contributed by atoms with E-state index in [-0.39, 0.29) is 30.3 Å². The molecule has 2 N–H and O–H groups in total. The summed E-state index contributed by atoms with van der Waals surface area (Å²) in [4.78, 5) is 17.4. The van der Waals surface area contributed by atoms with Gasteiger partial charge in [0.2, 0.25) is 0 Å². The minimum atomic E-state index is -5.75. The van der Waals surface area contributed by atoms with Gasteiger partial charge in [0.1, 0.15) is 0 Å². The second kappa shape index (κ2) is 15.8. The van der Waals surface area contributed by atoms with E-state index in [9.17, 15) is 0 Å². The number of nitrogens with zero attached hydrogens (tertiary/aromatic N) is 4. The molecule has 0 amide bonds. The van der Waals surface area contributed by atoms with Gasteiger partial charge in [0.25, 0.3) is 0 Å². The van der Waals surface area contributed by atoms with Crippen molar-refractivity contribution < 1.29 is 43.3 Å². The van der Waals surface area contributed by atoms with Crippen molar-refractivity contribution in [3.63, 3.8) is 0 Å². The summed E-state index contributed by atoms with van der Waals surface area (Å²) in [6.07, 6.45) is 7.71. The van der Waals surface area contributed by atoms with Crippen molar-refractivity contribution >= 4 is 57.0 Å². The van der Waals surface area contributed by atoms with Crippen LogP contribution in [0.3, 0.4) is 0 Å². The molecule has 10 nitrogen and oxygen atoms in total. The van der Waals surface area contributed by atoms with E-state index in [0.29, 0.717) is 6.42 Å². The fourth-order valence-electron chi connectivity index (χ4n) is 3.43. The normalized spacial score (nSPS) is 10.4. The number of aliphatic hydroxyl groups is 2. The molecule has 0 aliphatic heterocycles. The molecule has 0 bridgehead atoms. The Kier molecular flexibility index (Phi) is 12.9. The average molecular weight is 643 g/mol. The molecule has 0 atom stereocenters. The smallest absolute Gasteiger partial charge is 0.396 e. The number of rotatable bonds is 2. The summed E-state index contributed by atoms with van der Waals surface area (Å²) in [6, 6.07) is 24.3. The maximum absolute atomic E-state index is 8.59. The van der Waals surface area contributed by atoms with Crippen LogP contribution < -0.4 is 8.38 Å². The monoisotopic (exact) mass is 643 g/mol. The zero-order valence-corrected chi connectivity index (χ0v) is 23.0. The topological polar surface area (TPSA) is 172 Å². The van der Waals surface area contributed by atoms with Gasteiger partial charge in [-0.05, 0) is 30.7 Å². The number of fused-ring (bicyclic) bond motifs is 6. The second-order valence-corrected chi connectivity index (χ2v) is 9.35. The predicted molar refractivity (Wildman–Crippen MR) is 140 cm³/mol. The molecule has 4 aromatic heterocycles. The van der Waals surface area contributed by atoms with Crippen LogP contribution >= 0.6 is 0 Å². The maximum Gasteiger partial charge on any atom is 2.00 e. The Morgan fingerprint density at radius 1 is 0.538 bits per heavy atom. The number of hydrogen-bond donors (Lipinski definition) is 2. The van der Waals surface area contributed by atoms with E-state index in [4.69, 9.17) is 26.3 Å². The van der Waals surface area contributed by atoms with Crippen LogP contribution in [0.1, 0.15) is 6.42 Å². The molecule has 4 heterocycles. The third-order valence-electron chi connectivity index (χ3n) is 5.01. The number of pyridine rings is 4. The van der Waals surface area contributed by atoms with E-state index in [1.165, 1.54) is 0 Å². The van der Waals surface area contributed by atoms with Gasteiger partial charge in [-0.15, -0.1) is 0 Å². The van der Waals surface area contributed by atoms with Gasteiger partial charge >= 0.3 is 46.5 Å². The van der Waals surface area contributed by atoms with Crippen molar-refractivity contribution in [3.05, 3.63) is 97.6 Å². The molecule has 205 valence electrons. The van der Waals surface area contributed by atoms with Crippen LogP contribution in [-0.4, -0.2) is 56.7 Å². The zero-order valence-electron chi connectivity index (χ0n) is 20.4. The van der Waals surface area contributed by atoms with E-state index < -0.39 is 13.4 Å². The zero-order chi connectivity index (χ0) is 27.4. The van der Waals surface area contributed by atoms with Crippen LogP contribution in [-0.2, 0) is 24.7 Å². The summed E-state index contributed by atoms with van der Waals surface area (Å²) in [5, 5.41) is 20.4. The molecule has 12 heteroatoms. The number of hydrogen-bond acceptors (Lipinski definition) is 10. The summed E-state index contributed by atoms with van der Waals surface area (Å²) >= 11 is -5.75. The molecule has 2 aromatic carbocycles. The maximum atomic E-state index is 8.59. The van der Waals surface area contributed by atoms with E-state index in [0.717, 1.165) is 43.6 Å². The fraction of sp³-hybridized carbons (Fsp3) is 0.111. The molecule has 0 fully saturated rings. The molecule has 0 aliphatic carbocycles. The standard InChI is InChI=1S/2C12H8N2.C3H8O2.Cu.H2O4Se/c2*1-3-9-5-6-10-4-2-8-14-12(10)11(9)13-7-1;4-2-1-3-5;;1-5(2,3)4/h2*1-8H;4-5H,1-3H2;;(H2,1,2,3,4)/q;;;+2;/p-2. The molecular weight excluding hydrogens is 619 g/mol. The molecule has 1 radical (unpaired) electrons. The third-order valence-corrected chi connectivity index (χ3v) is 5.01. The van der Waals surface area contributed by atoms with Gasteiger partial charge < -0.3 is 10.2 Å². The van der Waals surface area contributed by atoms with Crippen LogP contribution in [0.5, 0.6) is 0 Å². The molecule has 6 rings (SSSR count). The van der Waals surface area contributed by atoms with Gasteiger partial charge in [-0.2, -0.15) is 0 Å². The largest absolute Gasteiger partial charge is 2.00 e. The van der Waals surface area contributed by atoms with Gasteiger partial charge in [-0.3, -0.25) is 19.9 Å². The van der Waals surface area contributed by atoms with Gasteiger partial charge in [0, 0.05) is 59.5 Å². The molecule has 39 heavy (non-hydrogen) atoms. The molecule has 0 spiro atoms. The Morgan fingerprint density at radius 2 is 0.769 bits per heavy atom. The molecule has 0 aliphatic rings. The quantitative estimate of drug-likeness (QED) is 0.210. The SMILES string of the molecule is O=[Se](=O)([O-])[O-].OCCCO.[Cu+2].c1cnc2c(c1)ccc1cccnc12.c1cnc2c(c1)ccc1cccnc12. The number of benzene rings is 2. The summed E-state index contributed by atoms with van der Waals surface area (Å²) in [7, 11) is 0. The van der Waals surface area contributed by atoms with Gasteiger partial charge in [0.05, 0.1) is 22.1 Å². The van der Waals surface area contributed by atoms with Crippen molar-refractivity contribution in [2.45, 2.75) is 6.42 Å². The Bertz CT molecular complexity index is 1510. The summed E-state index contributed by atoms with van der Waals surface area (Å²) < 4.78 is 34.4. The summed E-state index contributed by atoms with van der Waals surface area (Å²) in [5.74, 6) is 0. The minimum Gasteiger partial charge on any atom is -0.396 e. The van der Waals surface area contributed by atoms with E-state index in [1.807, 2.05) is 24.3 Å². The fourth-order valence-corrected chi connectivity index (χ4v) is 3.43.